The molecule has 31 heavy (non-hydrogen) atoms. The SMILES string of the molecule is CCOc1ccc(C=NNC(=O)C(=Cc2cccs2)NC(=O)c2ccccc2)c(O)c1. The Bertz CT molecular complexity index is 1090. The number of aromatic hydroxyl groups is 1. The monoisotopic (exact) mass is 435 g/mol. The summed E-state index contributed by atoms with van der Waals surface area (Å²) in [6.45, 7) is 2.33. The summed E-state index contributed by atoms with van der Waals surface area (Å²) in [5.74, 6) is -0.507. The fourth-order valence-electron chi connectivity index (χ4n) is 2.57. The number of hydrazone groups is 1. The fourth-order valence-corrected chi connectivity index (χ4v) is 3.23. The predicted molar refractivity (Wildman–Crippen MR) is 121 cm³/mol. The molecule has 0 unspecified atom stereocenters. The molecule has 0 saturated heterocycles. The largest absolute Gasteiger partial charge is 0.507 e. The van der Waals surface area contributed by atoms with E-state index in [1.165, 1.54) is 23.6 Å². The molecule has 3 aromatic rings. The number of thiophene rings is 1. The van der Waals surface area contributed by atoms with Crippen LogP contribution in [0.3, 0.4) is 0 Å². The van der Waals surface area contributed by atoms with Crippen molar-refractivity contribution < 1.29 is 19.4 Å². The molecule has 1 aromatic heterocycles. The molecular weight excluding hydrogens is 414 g/mol. The Morgan fingerprint density at radius 2 is 1.94 bits per heavy atom. The van der Waals surface area contributed by atoms with Gasteiger partial charge in [0.2, 0.25) is 0 Å². The Balaban J connectivity index is 1.73. The van der Waals surface area contributed by atoms with Crippen LogP contribution in [0.5, 0.6) is 11.5 Å². The molecule has 2 aromatic carbocycles. The van der Waals surface area contributed by atoms with E-state index in [4.69, 9.17) is 4.74 Å². The van der Waals surface area contributed by atoms with E-state index >= 15 is 0 Å². The zero-order valence-corrected chi connectivity index (χ0v) is 17.6. The molecule has 0 aliphatic rings. The van der Waals surface area contributed by atoms with Crippen molar-refractivity contribution in [3.8, 4) is 11.5 Å². The molecule has 0 bridgehead atoms. The summed E-state index contributed by atoms with van der Waals surface area (Å²) < 4.78 is 5.32. The van der Waals surface area contributed by atoms with E-state index in [0.29, 0.717) is 23.5 Å². The van der Waals surface area contributed by atoms with Gasteiger partial charge in [0.15, 0.2) is 0 Å². The number of hydrogen-bond acceptors (Lipinski definition) is 6. The van der Waals surface area contributed by atoms with E-state index < -0.39 is 11.8 Å². The van der Waals surface area contributed by atoms with Crippen LogP contribution in [0, 0.1) is 0 Å². The number of hydrogen-bond donors (Lipinski definition) is 3. The minimum Gasteiger partial charge on any atom is -0.507 e. The van der Waals surface area contributed by atoms with Crippen LogP contribution in [0.4, 0.5) is 0 Å². The van der Waals surface area contributed by atoms with Crippen LogP contribution in [0.15, 0.2) is 76.8 Å². The second-order valence-corrected chi connectivity index (χ2v) is 7.23. The van der Waals surface area contributed by atoms with Gasteiger partial charge in [0.25, 0.3) is 11.8 Å². The van der Waals surface area contributed by atoms with Crippen LogP contribution >= 0.6 is 11.3 Å². The Labute approximate surface area is 183 Å². The van der Waals surface area contributed by atoms with Gasteiger partial charge in [-0.25, -0.2) is 5.43 Å². The molecule has 3 rings (SSSR count). The lowest BCUT2D eigenvalue weighted by Gasteiger charge is -2.09. The number of rotatable bonds is 8. The third-order valence-electron chi connectivity index (χ3n) is 4.04. The van der Waals surface area contributed by atoms with Crippen LogP contribution in [0.1, 0.15) is 27.7 Å². The Hall–Kier alpha value is -3.91. The van der Waals surface area contributed by atoms with Crippen LogP contribution in [0.2, 0.25) is 0 Å². The maximum absolute atomic E-state index is 12.7. The highest BCUT2D eigenvalue weighted by molar-refractivity contribution is 7.10. The summed E-state index contributed by atoms with van der Waals surface area (Å²) in [4.78, 5) is 26.0. The van der Waals surface area contributed by atoms with E-state index in [9.17, 15) is 14.7 Å². The van der Waals surface area contributed by atoms with Crippen molar-refractivity contribution in [2.45, 2.75) is 6.92 Å². The molecule has 0 aliphatic carbocycles. The van der Waals surface area contributed by atoms with Gasteiger partial charge in [0.05, 0.1) is 12.8 Å². The zero-order chi connectivity index (χ0) is 22.1. The van der Waals surface area contributed by atoms with Crippen LogP contribution in [0.25, 0.3) is 6.08 Å². The number of ether oxygens (including phenoxy) is 1. The minimum atomic E-state index is -0.598. The number of amides is 2. The lowest BCUT2D eigenvalue weighted by atomic mass is 10.2. The molecule has 7 nitrogen and oxygen atoms in total. The molecule has 0 atom stereocenters. The topological polar surface area (TPSA) is 100 Å². The molecule has 0 saturated carbocycles. The first-order valence-electron chi connectivity index (χ1n) is 9.47. The first-order valence-corrected chi connectivity index (χ1v) is 10.4. The standard InChI is InChI=1S/C23H21N3O4S/c1-2-30-18-11-10-17(21(27)13-18)15-24-26-23(29)20(14-19-9-6-12-31-19)25-22(28)16-7-4-3-5-8-16/h3-15,27H,2H2,1H3,(H,25,28)(H,26,29). The van der Waals surface area contributed by atoms with Gasteiger partial charge in [-0.15, -0.1) is 11.3 Å². The number of nitrogens with one attached hydrogen (secondary N) is 2. The van der Waals surface area contributed by atoms with E-state index in [1.807, 2.05) is 24.4 Å². The number of carbonyl (C=O) groups excluding carboxylic acids is 2. The highest BCUT2D eigenvalue weighted by Gasteiger charge is 2.14. The summed E-state index contributed by atoms with van der Waals surface area (Å²) in [6, 6.07) is 17.0. The summed E-state index contributed by atoms with van der Waals surface area (Å²) in [5, 5.41) is 18.4. The fraction of sp³-hybridized carbons (Fsp3) is 0.0870. The van der Waals surface area contributed by atoms with E-state index in [0.717, 1.165) is 4.88 Å². The maximum Gasteiger partial charge on any atom is 0.287 e. The second-order valence-electron chi connectivity index (χ2n) is 6.25. The van der Waals surface area contributed by atoms with E-state index in [-0.39, 0.29) is 11.4 Å². The summed E-state index contributed by atoms with van der Waals surface area (Å²) in [7, 11) is 0. The van der Waals surface area contributed by atoms with Crippen molar-refractivity contribution in [1.29, 1.82) is 0 Å². The molecule has 1 heterocycles. The molecule has 0 aliphatic heterocycles. The van der Waals surface area contributed by atoms with Crippen LogP contribution < -0.4 is 15.5 Å². The lowest BCUT2D eigenvalue weighted by Crippen LogP contribution is -2.32. The van der Waals surface area contributed by atoms with Gasteiger partial charge in [0.1, 0.15) is 17.2 Å². The van der Waals surface area contributed by atoms with Gasteiger partial charge in [-0.2, -0.15) is 5.10 Å². The average Bonchev–Trinajstić information content (AvgIpc) is 3.28. The molecule has 158 valence electrons. The molecule has 0 fully saturated rings. The minimum absolute atomic E-state index is 0.0318. The highest BCUT2D eigenvalue weighted by atomic mass is 32.1. The molecule has 0 spiro atoms. The first-order chi connectivity index (χ1) is 15.1. The third kappa shape index (κ3) is 6.28. The Morgan fingerprint density at radius 1 is 1.13 bits per heavy atom. The molecule has 3 N–H and O–H groups in total. The van der Waals surface area contributed by atoms with Crippen LogP contribution in [-0.4, -0.2) is 29.7 Å². The van der Waals surface area contributed by atoms with Gasteiger partial charge >= 0.3 is 0 Å². The number of phenols is 1. The summed E-state index contributed by atoms with van der Waals surface area (Å²) in [6.07, 6.45) is 2.88. The first kappa shape index (κ1) is 21.8. The quantitative estimate of drug-likeness (QED) is 0.285. The van der Waals surface area contributed by atoms with Gasteiger partial charge in [-0.1, -0.05) is 24.3 Å². The van der Waals surface area contributed by atoms with Gasteiger partial charge < -0.3 is 15.2 Å². The molecule has 0 radical (unpaired) electrons. The number of phenolic OH excluding ortho intramolecular Hbond substituents is 1. The number of nitrogens with zero attached hydrogens (tertiary/aromatic N) is 1. The molecular formula is C23H21N3O4S. The van der Waals surface area contributed by atoms with Crippen LogP contribution in [-0.2, 0) is 4.79 Å². The number of carbonyl (C=O) groups is 2. The van der Waals surface area contributed by atoms with E-state index in [2.05, 4.69) is 15.8 Å². The van der Waals surface area contributed by atoms with Crippen molar-refractivity contribution in [3.63, 3.8) is 0 Å². The van der Waals surface area contributed by atoms with Gasteiger partial charge in [-0.05, 0) is 48.7 Å². The summed E-state index contributed by atoms with van der Waals surface area (Å²) in [5.41, 5.74) is 3.25. The van der Waals surface area contributed by atoms with Crippen molar-refractivity contribution in [2.24, 2.45) is 5.10 Å². The molecule has 2 amide bonds. The predicted octanol–water partition coefficient (Wildman–Crippen LogP) is 3.77. The van der Waals surface area contributed by atoms with Gasteiger partial charge in [0, 0.05) is 22.1 Å². The summed E-state index contributed by atoms with van der Waals surface area (Å²) >= 11 is 1.43. The average molecular weight is 436 g/mol. The van der Waals surface area contributed by atoms with Crippen molar-refractivity contribution >= 4 is 35.4 Å². The van der Waals surface area contributed by atoms with Crippen molar-refractivity contribution in [2.75, 3.05) is 6.61 Å². The second kappa shape index (κ2) is 10.7. The normalized spacial score (nSPS) is 11.3. The zero-order valence-electron chi connectivity index (χ0n) is 16.7. The van der Waals surface area contributed by atoms with Crippen molar-refractivity contribution in [1.82, 2.24) is 10.7 Å². The lowest BCUT2D eigenvalue weighted by molar-refractivity contribution is -0.117. The highest BCUT2D eigenvalue weighted by Crippen LogP contribution is 2.22. The smallest absolute Gasteiger partial charge is 0.287 e. The Kier molecular flexibility index (Phi) is 7.56. The number of benzene rings is 2. The van der Waals surface area contributed by atoms with E-state index in [1.54, 1.807) is 48.5 Å². The molecule has 8 heteroatoms. The van der Waals surface area contributed by atoms with Gasteiger partial charge in [-0.3, -0.25) is 9.59 Å². The Morgan fingerprint density at radius 3 is 2.61 bits per heavy atom. The maximum atomic E-state index is 12.7. The third-order valence-corrected chi connectivity index (χ3v) is 4.86. The van der Waals surface area contributed by atoms with Crippen molar-refractivity contribution in [3.05, 3.63) is 87.7 Å².